The van der Waals surface area contributed by atoms with E-state index in [0.717, 1.165) is 24.0 Å². The van der Waals surface area contributed by atoms with Crippen molar-refractivity contribution in [2.24, 2.45) is 0 Å². The molecule has 0 fully saturated rings. The van der Waals surface area contributed by atoms with E-state index >= 15 is 0 Å². The molecule has 0 heterocycles. The first-order valence-electron chi connectivity index (χ1n) is 7.17. The van der Waals surface area contributed by atoms with Gasteiger partial charge in [0.25, 0.3) is 0 Å². The number of hydrogen-bond acceptors (Lipinski definition) is 2. The molecule has 0 aromatic heterocycles. The van der Waals surface area contributed by atoms with Gasteiger partial charge in [-0.2, -0.15) is 12.6 Å². The Labute approximate surface area is 123 Å². The second-order valence-electron chi connectivity index (χ2n) is 6.71. The third-order valence-electron chi connectivity index (χ3n) is 4.44. The Morgan fingerprint density at radius 1 is 1.05 bits per heavy atom. The minimum Gasteiger partial charge on any atom is -0.507 e. The molecular formula is C17H28OS. The van der Waals surface area contributed by atoms with Crippen molar-refractivity contribution in [2.75, 3.05) is 0 Å². The van der Waals surface area contributed by atoms with Crippen molar-refractivity contribution in [3.8, 4) is 5.75 Å². The molecular weight excluding hydrogens is 252 g/mol. The van der Waals surface area contributed by atoms with Gasteiger partial charge >= 0.3 is 0 Å². The fourth-order valence-electron chi connectivity index (χ4n) is 2.34. The molecule has 19 heavy (non-hydrogen) atoms. The zero-order valence-electron chi connectivity index (χ0n) is 13.2. The number of benzene rings is 1. The van der Waals surface area contributed by atoms with E-state index < -0.39 is 0 Å². The summed E-state index contributed by atoms with van der Waals surface area (Å²) in [6.45, 7) is 13.2. The molecule has 0 aliphatic heterocycles. The number of phenolic OH excluding ortho intramolecular Hbond substituents is 1. The molecule has 1 N–H and O–H groups in total. The highest BCUT2D eigenvalue weighted by molar-refractivity contribution is 7.79. The summed E-state index contributed by atoms with van der Waals surface area (Å²) in [6, 6.07) is 4.28. The van der Waals surface area contributed by atoms with Crippen LogP contribution < -0.4 is 0 Å². The number of thiol groups is 1. The zero-order valence-corrected chi connectivity index (χ0v) is 14.1. The van der Waals surface area contributed by atoms with Crippen molar-refractivity contribution in [3.63, 3.8) is 0 Å². The van der Waals surface area contributed by atoms with E-state index in [0.29, 0.717) is 11.5 Å². The SMILES string of the molecule is CCC(C)(CC)c1cc(C(C)(C)C)cc(CS)c1O. The normalized spacial score (nSPS) is 12.8. The van der Waals surface area contributed by atoms with Gasteiger partial charge in [0.15, 0.2) is 0 Å². The van der Waals surface area contributed by atoms with Gasteiger partial charge in [-0.25, -0.2) is 0 Å². The molecule has 0 aliphatic carbocycles. The monoisotopic (exact) mass is 280 g/mol. The van der Waals surface area contributed by atoms with Gasteiger partial charge < -0.3 is 5.11 Å². The Balaban J connectivity index is 3.55. The van der Waals surface area contributed by atoms with Crippen molar-refractivity contribution in [3.05, 3.63) is 28.8 Å². The van der Waals surface area contributed by atoms with E-state index in [2.05, 4.69) is 66.3 Å². The lowest BCUT2D eigenvalue weighted by Crippen LogP contribution is -2.22. The first-order chi connectivity index (χ1) is 8.69. The highest BCUT2D eigenvalue weighted by atomic mass is 32.1. The van der Waals surface area contributed by atoms with Crippen LogP contribution in [0.2, 0.25) is 0 Å². The lowest BCUT2D eigenvalue weighted by Gasteiger charge is -2.31. The Hall–Kier alpha value is -0.630. The third-order valence-corrected chi connectivity index (χ3v) is 4.78. The summed E-state index contributed by atoms with van der Waals surface area (Å²) in [5.74, 6) is 1.01. The molecule has 1 aromatic carbocycles. The van der Waals surface area contributed by atoms with Crippen LogP contribution in [-0.2, 0) is 16.6 Å². The average Bonchev–Trinajstić information content (AvgIpc) is 2.36. The van der Waals surface area contributed by atoms with Crippen LogP contribution >= 0.6 is 12.6 Å². The molecule has 0 saturated carbocycles. The van der Waals surface area contributed by atoms with Crippen molar-refractivity contribution in [1.82, 2.24) is 0 Å². The van der Waals surface area contributed by atoms with E-state index in [1.165, 1.54) is 5.56 Å². The van der Waals surface area contributed by atoms with Crippen LogP contribution in [0.25, 0.3) is 0 Å². The lowest BCUT2D eigenvalue weighted by atomic mass is 9.74. The summed E-state index contributed by atoms with van der Waals surface area (Å²) in [6.07, 6.45) is 2.05. The standard InChI is InChI=1S/C17H28OS/c1-7-17(6,8-2)14-10-13(16(3,4)5)9-12(11-19)15(14)18/h9-10,18-19H,7-8,11H2,1-6H3. The summed E-state index contributed by atoms with van der Waals surface area (Å²) >= 11 is 4.36. The molecule has 0 saturated heterocycles. The van der Waals surface area contributed by atoms with Crippen molar-refractivity contribution in [2.45, 2.75) is 71.0 Å². The van der Waals surface area contributed by atoms with E-state index in [1.807, 2.05) is 0 Å². The summed E-state index contributed by atoms with van der Waals surface area (Å²) in [4.78, 5) is 0. The number of rotatable bonds is 4. The minimum atomic E-state index is 0.0308. The van der Waals surface area contributed by atoms with Crippen LogP contribution in [0.15, 0.2) is 12.1 Å². The summed E-state index contributed by atoms with van der Waals surface area (Å²) in [5.41, 5.74) is 3.41. The van der Waals surface area contributed by atoms with Crippen LogP contribution in [-0.4, -0.2) is 5.11 Å². The molecule has 0 amide bonds. The zero-order chi connectivity index (χ0) is 14.8. The van der Waals surface area contributed by atoms with Crippen LogP contribution in [0.4, 0.5) is 0 Å². The molecule has 0 radical (unpaired) electrons. The van der Waals surface area contributed by atoms with Gasteiger partial charge in [-0.05, 0) is 29.2 Å². The van der Waals surface area contributed by atoms with Crippen LogP contribution in [0.5, 0.6) is 5.75 Å². The Morgan fingerprint density at radius 2 is 1.58 bits per heavy atom. The molecule has 0 aliphatic rings. The molecule has 0 bridgehead atoms. The second kappa shape index (κ2) is 5.78. The first kappa shape index (κ1) is 16.4. The van der Waals surface area contributed by atoms with Gasteiger partial charge in [-0.1, -0.05) is 53.7 Å². The quantitative estimate of drug-likeness (QED) is 0.727. The molecule has 1 rings (SSSR count). The van der Waals surface area contributed by atoms with Gasteiger partial charge in [0.2, 0.25) is 0 Å². The maximum Gasteiger partial charge on any atom is 0.123 e. The second-order valence-corrected chi connectivity index (χ2v) is 7.02. The third kappa shape index (κ3) is 3.28. The van der Waals surface area contributed by atoms with Crippen LogP contribution in [0.3, 0.4) is 0 Å². The Bertz CT molecular complexity index is 439. The number of phenols is 1. The van der Waals surface area contributed by atoms with E-state index in [-0.39, 0.29) is 10.8 Å². The summed E-state index contributed by atoms with van der Waals surface area (Å²) in [5, 5.41) is 10.5. The number of aromatic hydroxyl groups is 1. The smallest absolute Gasteiger partial charge is 0.123 e. The molecule has 1 aromatic rings. The minimum absolute atomic E-state index is 0.0308. The van der Waals surface area contributed by atoms with Crippen LogP contribution in [0.1, 0.15) is 71.1 Å². The maximum absolute atomic E-state index is 10.5. The molecule has 0 unspecified atom stereocenters. The predicted octanol–water partition coefficient (Wildman–Crippen LogP) is 5.20. The number of hydrogen-bond donors (Lipinski definition) is 2. The fraction of sp³-hybridized carbons (Fsp3) is 0.647. The van der Waals surface area contributed by atoms with Gasteiger partial charge in [0, 0.05) is 16.9 Å². The molecule has 1 nitrogen and oxygen atoms in total. The highest BCUT2D eigenvalue weighted by Gasteiger charge is 2.29. The first-order valence-corrected chi connectivity index (χ1v) is 7.80. The van der Waals surface area contributed by atoms with Crippen LogP contribution in [0, 0.1) is 0 Å². The molecule has 2 heteroatoms. The van der Waals surface area contributed by atoms with E-state index in [4.69, 9.17) is 0 Å². The Morgan fingerprint density at radius 3 is 1.95 bits per heavy atom. The van der Waals surface area contributed by atoms with Crippen molar-refractivity contribution in [1.29, 1.82) is 0 Å². The van der Waals surface area contributed by atoms with E-state index in [1.54, 1.807) is 0 Å². The largest absolute Gasteiger partial charge is 0.507 e. The van der Waals surface area contributed by atoms with Gasteiger partial charge in [0.1, 0.15) is 5.75 Å². The molecule has 108 valence electrons. The lowest BCUT2D eigenvalue weighted by molar-refractivity contribution is 0.394. The van der Waals surface area contributed by atoms with Gasteiger partial charge in [-0.15, -0.1) is 0 Å². The van der Waals surface area contributed by atoms with Crippen molar-refractivity contribution < 1.29 is 5.11 Å². The van der Waals surface area contributed by atoms with Gasteiger partial charge in [-0.3, -0.25) is 0 Å². The fourth-order valence-corrected chi connectivity index (χ4v) is 2.58. The van der Waals surface area contributed by atoms with E-state index in [9.17, 15) is 5.11 Å². The van der Waals surface area contributed by atoms with Crippen molar-refractivity contribution >= 4 is 12.6 Å². The Kier molecular flexibility index (Phi) is 5.00. The van der Waals surface area contributed by atoms with Gasteiger partial charge in [0.05, 0.1) is 0 Å². The maximum atomic E-state index is 10.5. The topological polar surface area (TPSA) is 20.2 Å². The highest BCUT2D eigenvalue weighted by Crippen LogP contribution is 2.41. The predicted molar refractivity (Wildman–Crippen MR) is 87.4 cm³/mol. The average molecular weight is 280 g/mol. The molecule has 0 atom stereocenters. The summed E-state index contributed by atoms with van der Waals surface area (Å²) < 4.78 is 0. The molecule has 0 spiro atoms. The summed E-state index contributed by atoms with van der Waals surface area (Å²) in [7, 11) is 0.